The molecule has 0 radical (unpaired) electrons. The molecule has 0 spiro atoms. The van der Waals surface area contributed by atoms with E-state index >= 15 is 0 Å². The van der Waals surface area contributed by atoms with Crippen LogP contribution in [0, 0.1) is 0 Å². The van der Waals surface area contributed by atoms with Gasteiger partial charge in [0, 0.05) is 43.5 Å². The van der Waals surface area contributed by atoms with Crippen LogP contribution in [-0.2, 0) is 23.9 Å². The molecule has 0 aliphatic carbocycles. The predicted octanol–water partition coefficient (Wildman–Crippen LogP) is 3.13. The first-order valence-electron chi connectivity index (χ1n) is 10.8. The summed E-state index contributed by atoms with van der Waals surface area (Å²) in [4.78, 5) is 20.6. The van der Waals surface area contributed by atoms with E-state index in [4.69, 9.17) is 11.5 Å². The van der Waals surface area contributed by atoms with E-state index < -0.39 is 24.3 Å². The van der Waals surface area contributed by atoms with Crippen molar-refractivity contribution in [2.45, 2.75) is 44.9 Å². The van der Waals surface area contributed by atoms with Crippen molar-refractivity contribution >= 4 is 11.7 Å². The molecule has 3 rings (SSSR count). The summed E-state index contributed by atoms with van der Waals surface area (Å²) in [6.07, 6.45) is -2.61. The number of halogens is 4. The minimum Gasteiger partial charge on any atom is -0.385 e. The Kier molecular flexibility index (Phi) is 7.46. The van der Waals surface area contributed by atoms with Gasteiger partial charge in [-0.15, -0.1) is 0 Å². The molecule has 180 valence electrons. The van der Waals surface area contributed by atoms with Crippen LogP contribution in [0.15, 0.2) is 46.7 Å². The van der Waals surface area contributed by atoms with Crippen LogP contribution < -0.4 is 11.5 Å². The first-order valence-corrected chi connectivity index (χ1v) is 10.8. The van der Waals surface area contributed by atoms with Crippen LogP contribution in [0.25, 0.3) is 0 Å². The molecule has 0 saturated carbocycles. The molecule has 0 atom stereocenters. The van der Waals surface area contributed by atoms with Gasteiger partial charge in [-0.2, -0.15) is 13.2 Å². The number of nitrogens with zero attached hydrogens (tertiary/aromatic N) is 3. The van der Waals surface area contributed by atoms with Crippen molar-refractivity contribution < 1.29 is 22.4 Å². The van der Waals surface area contributed by atoms with Gasteiger partial charge in [-0.3, -0.25) is 4.79 Å². The highest BCUT2D eigenvalue weighted by Gasteiger charge is 2.32. The van der Waals surface area contributed by atoms with Gasteiger partial charge in [0.1, 0.15) is 18.2 Å². The lowest BCUT2D eigenvalue weighted by molar-refractivity contribution is -0.137. The summed E-state index contributed by atoms with van der Waals surface area (Å²) in [5, 5.41) is 0. The zero-order valence-electron chi connectivity index (χ0n) is 18.6. The molecule has 2 aliphatic rings. The van der Waals surface area contributed by atoms with Gasteiger partial charge >= 0.3 is 6.18 Å². The highest BCUT2D eigenvalue weighted by molar-refractivity contribution is 5.98. The van der Waals surface area contributed by atoms with Gasteiger partial charge in [0.25, 0.3) is 5.91 Å². The fourth-order valence-corrected chi connectivity index (χ4v) is 4.06. The summed E-state index contributed by atoms with van der Waals surface area (Å²) < 4.78 is 52.5. The quantitative estimate of drug-likeness (QED) is 0.229. The number of amidine groups is 1. The number of amides is 1. The number of hydrogen-bond donors (Lipinski definition) is 2. The predicted molar refractivity (Wildman–Crippen MR) is 119 cm³/mol. The van der Waals surface area contributed by atoms with Crippen molar-refractivity contribution in [2.24, 2.45) is 16.5 Å². The molecular formula is C23H29F4N5O. The highest BCUT2D eigenvalue weighted by Crippen LogP contribution is 2.33. The number of nitrogens with two attached hydrogens (primary N) is 2. The summed E-state index contributed by atoms with van der Waals surface area (Å²) in [5.74, 6) is -0.730. The molecular weight excluding hydrogens is 438 g/mol. The number of likely N-dealkylation sites (tertiary alicyclic amines) is 1. The minimum atomic E-state index is -4.43. The molecule has 1 saturated heterocycles. The van der Waals surface area contributed by atoms with Crippen molar-refractivity contribution in [3.63, 3.8) is 0 Å². The standard InChI is InChI=1S/C23H29F4N5O/c1-14(21(30-20(29)12-24)22(33)31-9-6-19(28)7-10-31)15(2)32-8-5-16-3-4-18(23(25,26)27)11-17(16)13-32/h3-4,11,19H,2,5-10,12-13,28H2,1H3,(H2,29,30)/b21-14-. The Morgan fingerprint density at radius 3 is 2.45 bits per heavy atom. The second-order valence-electron chi connectivity index (χ2n) is 8.44. The van der Waals surface area contributed by atoms with Crippen LogP contribution in [0.2, 0.25) is 0 Å². The monoisotopic (exact) mass is 467 g/mol. The van der Waals surface area contributed by atoms with Crippen molar-refractivity contribution in [2.75, 3.05) is 26.3 Å². The molecule has 4 N–H and O–H groups in total. The molecule has 2 heterocycles. The van der Waals surface area contributed by atoms with Crippen LogP contribution in [0.1, 0.15) is 36.5 Å². The van der Waals surface area contributed by atoms with E-state index in [2.05, 4.69) is 11.6 Å². The van der Waals surface area contributed by atoms with Gasteiger partial charge in [0.15, 0.2) is 0 Å². The minimum absolute atomic E-state index is 0.0135. The Hall–Kier alpha value is -2.88. The van der Waals surface area contributed by atoms with E-state index in [9.17, 15) is 22.4 Å². The van der Waals surface area contributed by atoms with Gasteiger partial charge in [0.2, 0.25) is 0 Å². The summed E-state index contributed by atoms with van der Waals surface area (Å²) in [5.41, 5.74) is 13.0. The summed E-state index contributed by atoms with van der Waals surface area (Å²) >= 11 is 0. The summed E-state index contributed by atoms with van der Waals surface area (Å²) in [6.45, 7) is 6.31. The van der Waals surface area contributed by atoms with E-state index in [-0.39, 0.29) is 24.1 Å². The fourth-order valence-electron chi connectivity index (χ4n) is 4.06. The van der Waals surface area contributed by atoms with Gasteiger partial charge in [0.05, 0.1) is 5.56 Å². The van der Waals surface area contributed by atoms with Gasteiger partial charge in [-0.1, -0.05) is 12.6 Å². The summed E-state index contributed by atoms with van der Waals surface area (Å²) in [6, 6.07) is 3.76. The number of allylic oxidation sites excluding steroid dienone is 1. The zero-order chi connectivity index (χ0) is 24.3. The number of carbonyl (C=O) groups excluding carboxylic acids is 1. The Balaban J connectivity index is 1.89. The number of piperidine rings is 1. The molecule has 1 aromatic rings. The maximum absolute atomic E-state index is 13.2. The van der Waals surface area contributed by atoms with E-state index in [1.165, 1.54) is 6.07 Å². The Morgan fingerprint density at radius 1 is 1.18 bits per heavy atom. The summed E-state index contributed by atoms with van der Waals surface area (Å²) in [7, 11) is 0. The smallest absolute Gasteiger partial charge is 0.385 e. The van der Waals surface area contributed by atoms with Crippen molar-refractivity contribution in [1.82, 2.24) is 9.80 Å². The average molecular weight is 468 g/mol. The van der Waals surface area contributed by atoms with Crippen molar-refractivity contribution in [3.8, 4) is 0 Å². The number of rotatable bonds is 5. The van der Waals surface area contributed by atoms with Gasteiger partial charge in [-0.25, -0.2) is 9.38 Å². The van der Waals surface area contributed by atoms with Gasteiger partial charge < -0.3 is 21.3 Å². The van der Waals surface area contributed by atoms with Crippen LogP contribution in [0.4, 0.5) is 17.6 Å². The molecule has 1 amide bonds. The van der Waals surface area contributed by atoms with Crippen LogP contribution >= 0.6 is 0 Å². The van der Waals surface area contributed by atoms with E-state index in [0.29, 0.717) is 55.7 Å². The molecule has 10 heteroatoms. The molecule has 1 fully saturated rings. The molecule has 6 nitrogen and oxygen atoms in total. The van der Waals surface area contributed by atoms with E-state index in [1.54, 1.807) is 16.7 Å². The van der Waals surface area contributed by atoms with E-state index in [0.717, 1.165) is 17.7 Å². The average Bonchev–Trinajstić information content (AvgIpc) is 2.80. The Morgan fingerprint density at radius 2 is 1.85 bits per heavy atom. The molecule has 33 heavy (non-hydrogen) atoms. The fraction of sp³-hybridized carbons (Fsp3) is 0.478. The Bertz CT molecular complexity index is 978. The lowest BCUT2D eigenvalue weighted by Gasteiger charge is -2.34. The highest BCUT2D eigenvalue weighted by atomic mass is 19.4. The third-order valence-corrected chi connectivity index (χ3v) is 6.14. The van der Waals surface area contributed by atoms with Gasteiger partial charge in [-0.05, 0) is 49.4 Å². The number of alkyl halides is 4. The zero-order valence-corrected chi connectivity index (χ0v) is 18.6. The first-order chi connectivity index (χ1) is 15.5. The number of benzene rings is 1. The normalized spacial score (nSPS) is 18.7. The molecule has 2 aliphatic heterocycles. The van der Waals surface area contributed by atoms with Crippen LogP contribution in [0.5, 0.6) is 0 Å². The number of carbonyl (C=O) groups is 1. The molecule has 0 aromatic heterocycles. The molecule has 0 bridgehead atoms. The lowest BCUT2D eigenvalue weighted by Crippen LogP contribution is -2.43. The van der Waals surface area contributed by atoms with Crippen LogP contribution in [0.3, 0.4) is 0 Å². The molecule has 1 aromatic carbocycles. The van der Waals surface area contributed by atoms with Crippen molar-refractivity contribution in [3.05, 3.63) is 58.4 Å². The maximum Gasteiger partial charge on any atom is 0.416 e. The van der Waals surface area contributed by atoms with E-state index in [1.807, 2.05) is 0 Å². The number of fused-ring (bicyclic) bond motifs is 1. The topological polar surface area (TPSA) is 87.9 Å². The maximum atomic E-state index is 13.2. The van der Waals surface area contributed by atoms with Crippen LogP contribution in [-0.4, -0.2) is 53.9 Å². The number of aliphatic imine (C=N–C) groups is 1. The second kappa shape index (κ2) is 9.94. The number of hydrogen-bond acceptors (Lipinski definition) is 4. The SMILES string of the molecule is C=C(/C(C)=C(\N=C(N)CF)C(=O)N1CCC(N)CC1)N1CCc2ccc(C(F)(F)F)cc2C1. The largest absolute Gasteiger partial charge is 0.416 e. The molecule has 0 unspecified atom stereocenters. The first kappa shape index (κ1) is 24.8. The Labute approximate surface area is 190 Å². The third-order valence-electron chi connectivity index (χ3n) is 6.14. The third kappa shape index (κ3) is 5.73. The second-order valence-corrected chi connectivity index (χ2v) is 8.44. The lowest BCUT2D eigenvalue weighted by atomic mass is 9.96. The van der Waals surface area contributed by atoms with Crippen molar-refractivity contribution in [1.29, 1.82) is 0 Å².